The van der Waals surface area contributed by atoms with E-state index in [1.54, 1.807) is 30.3 Å². The van der Waals surface area contributed by atoms with Gasteiger partial charge >= 0.3 is 0 Å². The summed E-state index contributed by atoms with van der Waals surface area (Å²) in [6.07, 6.45) is 0.456. The molecule has 0 aliphatic carbocycles. The van der Waals surface area contributed by atoms with Crippen LogP contribution in [0.5, 0.6) is 11.5 Å². The lowest BCUT2D eigenvalue weighted by Gasteiger charge is -2.14. The van der Waals surface area contributed by atoms with E-state index in [1.165, 1.54) is 13.2 Å². The van der Waals surface area contributed by atoms with Crippen molar-refractivity contribution in [1.82, 2.24) is 0 Å². The summed E-state index contributed by atoms with van der Waals surface area (Å²) in [5, 5.41) is 9.39. The number of methoxy groups -OCH3 is 1. The van der Waals surface area contributed by atoms with E-state index in [-0.39, 0.29) is 11.6 Å². The van der Waals surface area contributed by atoms with Crippen molar-refractivity contribution < 1.29 is 14.2 Å². The second-order valence-corrected chi connectivity index (χ2v) is 4.37. The lowest BCUT2D eigenvalue weighted by molar-refractivity contribution is 0.410. The molecule has 3 N–H and O–H groups in total. The fourth-order valence-corrected chi connectivity index (χ4v) is 1.98. The number of phenols is 1. The van der Waals surface area contributed by atoms with Crippen molar-refractivity contribution in [3.05, 3.63) is 59.4 Å². The van der Waals surface area contributed by atoms with Crippen LogP contribution in [0.25, 0.3) is 0 Å². The van der Waals surface area contributed by atoms with Crippen LogP contribution in [-0.4, -0.2) is 12.2 Å². The summed E-state index contributed by atoms with van der Waals surface area (Å²) >= 11 is 0. The van der Waals surface area contributed by atoms with Gasteiger partial charge in [-0.2, -0.15) is 0 Å². The largest absolute Gasteiger partial charge is 0.508 e. The SMILES string of the molecule is COc1ccc(C(N)Cc2cccc(O)c2)c(F)c1. The van der Waals surface area contributed by atoms with Crippen LogP contribution in [0.15, 0.2) is 42.5 Å². The van der Waals surface area contributed by atoms with E-state index in [4.69, 9.17) is 10.5 Å². The predicted octanol–water partition coefficient (Wildman–Crippen LogP) is 2.78. The molecule has 19 heavy (non-hydrogen) atoms. The Hall–Kier alpha value is -2.07. The minimum Gasteiger partial charge on any atom is -0.508 e. The molecule has 1 unspecified atom stereocenters. The fraction of sp³-hybridized carbons (Fsp3) is 0.200. The smallest absolute Gasteiger partial charge is 0.131 e. The zero-order chi connectivity index (χ0) is 13.8. The lowest BCUT2D eigenvalue weighted by atomic mass is 9.99. The third-order valence-electron chi connectivity index (χ3n) is 2.97. The first-order chi connectivity index (χ1) is 9.10. The molecule has 0 bridgehead atoms. The molecule has 2 rings (SSSR count). The van der Waals surface area contributed by atoms with E-state index in [0.717, 1.165) is 5.56 Å². The first kappa shape index (κ1) is 13.4. The van der Waals surface area contributed by atoms with Crippen molar-refractivity contribution in [3.8, 4) is 11.5 Å². The number of rotatable bonds is 4. The maximum Gasteiger partial charge on any atom is 0.131 e. The van der Waals surface area contributed by atoms with E-state index < -0.39 is 6.04 Å². The van der Waals surface area contributed by atoms with Crippen LogP contribution in [0.3, 0.4) is 0 Å². The molecule has 0 aromatic heterocycles. The molecule has 0 aliphatic rings. The van der Waals surface area contributed by atoms with Gasteiger partial charge in [-0.05, 0) is 30.2 Å². The minimum absolute atomic E-state index is 0.180. The Morgan fingerprint density at radius 1 is 1.26 bits per heavy atom. The summed E-state index contributed by atoms with van der Waals surface area (Å²) in [7, 11) is 1.49. The molecule has 0 amide bonds. The summed E-state index contributed by atoms with van der Waals surface area (Å²) in [6.45, 7) is 0. The van der Waals surface area contributed by atoms with Crippen molar-refractivity contribution in [2.24, 2.45) is 5.73 Å². The van der Waals surface area contributed by atoms with Gasteiger partial charge in [-0.3, -0.25) is 0 Å². The molecule has 0 saturated carbocycles. The molecule has 2 aromatic carbocycles. The Labute approximate surface area is 111 Å². The molecule has 0 fully saturated rings. The quantitative estimate of drug-likeness (QED) is 0.889. The molecular formula is C15H16FNO2. The van der Waals surface area contributed by atoms with E-state index in [2.05, 4.69) is 0 Å². The highest BCUT2D eigenvalue weighted by Gasteiger charge is 2.13. The van der Waals surface area contributed by atoms with Gasteiger partial charge in [0.2, 0.25) is 0 Å². The van der Waals surface area contributed by atoms with Gasteiger partial charge in [-0.1, -0.05) is 18.2 Å². The average molecular weight is 261 g/mol. The Balaban J connectivity index is 2.18. The first-order valence-electron chi connectivity index (χ1n) is 5.97. The number of ether oxygens (including phenoxy) is 1. The van der Waals surface area contributed by atoms with Crippen LogP contribution in [0.2, 0.25) is 0 Å². The summed E-state index contributed by atoms with van der Waals surface area (Å²) < 4.78 is 18.8. The molecule has 2 aromatic rings. The summed E-state index contributed by atoms with van der Waals surface area (Å²) in [5.41, 5.74) is 7.31. The molecule has 0 spiro atoms. The standard InChI is InChI=1S/C15H16FNO2/c1-19-12-5-6-13(14(16)9-12)15(17)8-10-3-2-4-11(18)7-10/h2-7,9,15,18H,8,17H2,1H3. The molecule has 0 radical (unpaired) electrons. The van der Waals surface area contributed by atoms with Crippen LogP contribution >= 0.6 is 0 Å². The Kier molecular flexibility index (Phi) is 4.02. The molecule has 0 saturated heterocycles. The van der Waals surface area contributed by atoms with Gasteiger partial charge in [-0.25, -0.2) is 4.39 Å². The average Bonchev–Trinajstić information content (AvgIpc) is 2.38. The van der Waals surface area contributed by atoms with Gasteiger partial charge in [0.15, 0.2) is 0 Å². The number of hydrogen-bond donors (Lipinski definition) is 2. The molecule has 0 aliphatic heterocycles. The Bertz CT molecular complexity index is 572. The normalized spacial score (nSPS) is 12.2. The summed E-state index contributed by atoms with van der Waals surface area (Å²) in [4.78, 5) is 0. The zero-order valence-corrected chi connectivity index (χ0v) is 10.6. The highest BCUT2D eigenvalue weighted by Crippen LogP contribution is 2.24. The molecule has 1 atom stereocenters. The van der Waals surface area contributed by atoms with Crippen molar-refractivity contribution in [2.45, 2.75) is 12.5 Å². The van der Waals surface area contributed by atoms with Crippen LogP contribution < -0.4 is 10.5 Å². The van der Waals surface area contributed by atoms with Gasteiger partial charge in [0, 0.05) is 17.7 Å². The second-order valence-electron chi connectivity index (χ2n) is 4.37. The monoisotopic (exact) mass is 261 g/mol. The number of phenolic OH excluding ortho intramolecular Hbond substituents is 1. The number of benzene rings is 2. The van der Waals surface area contributed by atoms with E-state index in [1.807, 2.05) is 6.07 Å². The molecule has 100 valence electrons. The predicted molar refractivity (Wildman–Crippen MR) is 71.7 cm³/mol. The maximum absolute atomic E-state index is 13.9. The van der Waals surface area contributed by atoms with Crippen LogP contribution in [0, 0.1) is 5.82 Å². The van der Waals surface area contributed by atoms with Gasteiger partial charge < -0.3 is 15.6 Å². The van der Waals surface area contributed by atoms with Crippen molar-refractivity contribution in [1.29, 1.82) is 0 Å². The third-order valence-corrected chi connectivity index (χ3v) is 2.97. The maximum atomic E-state index is 13.9. The van der Waals surface area contributed by atoms with E-state index in [0.29, 0.717) is 17.7 Å². The third kappa shape index (κ3) is 3.23. The fourth-order valence-electron chi connectivity index (χ4n) is 1.98. The topological polar surface area (TPSA) is 55.5 Å². The van der Waals surface area contributed by atoms with Crippen molar-refractivity contribution in [2.75, 3.05) is 7.11 Å². The molecular weight excluding hydrogens is 245 g/mol. The van der Waals surface area contributed by atoms with Gasteiger partial charge in [0.25, 0.3) is 0 Å². The highest BCUT2D eigenvalue weighted by atomic mass is 19.1. The van der Waals surface area contributed by atoms with E-state index >= 15 is 0 Å². The molecule has 4 heteroatoms. The first-order valence-corrected chi connectivity index (χ1v) is 5.97. The summed E-state index contributed by atoms with van der Waals surface area (Å²) in [6, 6.07) is 11.0. The number of halogens is 1. The van der Waals surface area contributed by atoms with Gasteiger partial charge in [0.1, 0.15) is 17.3 Å². The Morgan fingerprint density at radius 3 is 2.68 bits per heavy atom. The van der Waals surface area contributed by atoms with Crippen LogP contribution in [-0.2, 0) is 6.42 Å². The summed E-state index contributed by atoms with van der Waals surface area (Å²) in [5.74, 6) is 0.262. The lowest BCUT2D eigenvalue weighted by Crippen LogP contribution is -2.15. The highest BCUT2D eigenvalue weighted by molar-refractivity contribution is 5.33. The second kappa shape index (κ2) is 5.71. The zero-order valence-electron chi connectivity index (χ0n) is 10.6. The Morgan fingerprint density at radius 2 is 2.05 bits per heavy atom. The van der Waals surface area contributed by atoms with Gasteiger partial charge in [-0.15, -0.1) is 0 Å². The van der Waals surface area contributed by atoms with Crippen molar-refractivity contribution in [3.63, 3.8) is 0 Å². The molecule has 0 heterocycles. The van der Waals surface area contributed by atoms with E-state index in [9.17, 15) is 9.50 Å². The number of aromatic hydroxyl groups is 1. The molecule has 3 nitrogen and oxygen atoms in total. The van der Waals surface area contributed by atoms with Crippen LogP contribution in [0.4, 0.5) is 4.39 Å². The van der Waals surface area contributed by atoms with Crippen LogP contribution in [0.1, 0.15) is 17.2 Å². The number of hydrogen-bond acceptors (Lipinski definition) is 3. The minimum atomic E-state index is -0.465. The van der Waals surface area contributed by atoms with Crippen molar-refractivity contribution >= 4 is 0 Å². The number of nitrogens with two attached hydrogens (primary N) is 1. The van der Waals surface area contributed by atoms with Gasteiger partial charge in [0.05, 0.1) is 7.11 Å².